The van der Waals surface area contributed by atoms with Gasteiger partial charge in [-0.2, -0.15) is 0 Å². The summed E-state index contributed by atoms with van der Waals surface area (Å²) in [6.45, 7) is 0. The van der Waals surface area contributed by atoms with Gasteiger partial charge in [-0.1, -0.05) is 0 Å². The Morgan fingerprint density at radius 1 is 1.23 bits per heavy atom. The number of benzene rings is 1. The lowest BCUT2D eigenvalue weighted by molar-refractivity contribution is -0.102. The molecular weight excluding hydrogens is 164 g/mol. The van der Waals surface area contributed by atoms with Crippen LogP contribution in [0.5, 0.6) is 0 Å². The van der Waals surface area contributed by atoms with E-state index in [0.29, 0.717) is 6.29 Å². The van der Waals surface area contributed by atoms with Crippen molar-refractivity contribution >= 4 is 23.9 Å². The van der Waals surface area contributed by atoms with E-state index in [1.54, 1.807) is 0 Å². The van der Waals surface area contributed by atoms with Gasteiger partial charge in [-0.3, -0.25) is 9.79 Å². The SMILES string of the molecule is CN(C)c1ccc(N=CC=O)cc1. The number of aldehydes is 1. The van der Waals surface area contributed by atoms with Crippen LogP contribution in [0.15, 0.2) is 29.3 Å². The minimum absolute atomic E-state index is 0.667. The molecule has 0 atom stereocenters. The summed E-state index contributed by atoms with van der Waals surface area (Å²) >= 11 is 0. The Kier molecular flexibility index (Phi) is 3.20. The number of carbonyl (C=O) groups is 1. The van der Waals surface area contributed by atoms with Gasteiger partial charge in [-0.05, 0) is 24.3 Å². The van der Waals surface area contributed by atoms with Crippen molar-refractivity contribution < 1.29 is 4.79 Å². The molecular formula is C10H12N2O. The van der Waals surface area contributed by atoms with E-state index >= 15 is 0 Å². The van der Waals surface area contributed by atoms with E-state index in [1.807, 2.05) is 43.3 Å². The number of rotatable bonds is 3. The van der Waals surface area contributed by atoms with Crippen molar-refractivity contribution in [2.75, 3.05) is 19.0 Å². The van der Waals surface area contributed by atoms with Crippen LogP contribution in [0.25, 0.3) is 0 Å². The normalized spacial score (nSPS) is 10.3. The monoisotopic (exact) mass is 176 g/mol. The fourth-order valence-electron chi connectivity index (χ4n) is 0.953. The summed E-state index contributed by atoms with van der Waals surface area (Å²) in [4.78, 5) is 15.9. The third kappa shape index (κ3) is 2.71. The molecule has 0 aliphatic rings. The predicted molar refractivity (Wildman–Crippen MR) is 55.0 cm³/mol. The molecule has 0 amide bonds. The van der Waals surface area contributed by atoms with E-state index in [-0.39, 0.29) is 0 Å². The molecule has 1 aromatic carbocycles. The number of anilines is 1. The first-order valence-corrected chi connectivity index (χ1v) is 3.99. The van der Waals surface area contributed by atoms with Gasteiger partial charge in [-0.15, -0.1) is 0 Å². The highest BCUT2D eigenvalue weighted by atomic mass is 16.1. The summed E-state index contributed by atoms with van der Waals surface area (Å²) in [5.41, 5.74) is 1.91. The van der Waals surface area contributed by atoms with E-state index in [1.165, 1.54) is 6.21 Å². The lowest BCUT2D eigenvalue weighted by Crippen LogP contribution is -2.07. The van der Waals surface area contributed by atoms with E-state index in [9.17, 15) is 4.79 Å². The molecule has 0 N–H and O–H groups in total. The molecule has 1 rings (SSSR count). The first kappa shape index (κ1) is 9.45. The van der Waals surface area contributed by atoms with Gasteiger partial charge in [0.1, 0.15) is 0 Å². The number of carbonyl (C=O) groups excluding carboxylic acids is 1. The van der Waals surface area contributed by atoms with Crippen LogP contribution in [-0.2, 0) is 4.79 Å². The molecule has 0 aromatic heterocycles. The topological polar surface area (TPSA) is 32.7 Å². The fraction of sp³-hybridized carbons (Fsp3) is 0.200. The molecule has 0 aliphatic carbocycles. The molecule has 3 heteroatoms. The number of aliphatic imine (C=N–C) groups is 1. The van der Waals surface area contributed by atoms with Gasteiger partial charge in [0.05, 0.1) is 11.9 Å². The molecule has 13 heavy (non-hydrogen) atoms. The minimum Gasteiger partial charge on any atom is -0.378 e. The van der Waals surface area contributed by atoms with Crippen molar-refractivity contribution in [2.45, 2.75) is 0 Å². The summed E-state index contributed by atoms with van der Waals surface area (Å²) in [7, 11) is 3.95. The Labute approximate surface area is 77.7 Å². The maximum Gasteiger partial charge on any atom is 0.161 e. The summed E-state index contributed by atoms with van der Waals surface area (Å²) in [6, 6.07) is 7.65. The van der Waals surface area contributed by atoms with Gasteiger partial charge in [-0.25, -0.2) is 0 Å². The van der Waals surface area contributed by atoms with E-state index in [0.717, 1.165) is 11.4 Å². The molecule has 0 saturated carbocycles. The lowest BCUT2D eigenvalue weighted by atomic mass is 10.3. The third-order valence-corrected chi connectivity index (χ3v) is 1.65. The molecule has 0 fully saturated rings. The van der Waals surface area contributed by atoms with Crippen molar-refractivity contribution in [1.29, 1.82) is 0 Å². The van der Waals surface area contributed by atoms with Crippen LogP contribution in [0.4, 0.5) is 11.4 Å². The maximum absolute atomic E-state index is 10.00. The van der Waals surface area contributed by atoms with E-state index in [4.69, 9.17) is 0 Å². The Hall–Kier alpha value is -1.64. The molecule has 0 bridgehead atoms. The molecule has 0 spiro atoms. The average molecular weight is 176 g/mol. The predicted octanol–water partition coefficient (Wildman–Crippen LogP) is 1.65. The zero-order chi connectivity index (χ0) is 9.68. The Morgan fingerprint density at radius 2 is 1.85 bits per heavy atom. The zero-order valence-corrected chi connectivity index (χ0v) is 7.77. The smallest absolute Gasteiger partial charge is 0.161 e. The highest BCUT2D eigenvalue weighted by Gasteiger charge is 1.93. The van der Waals surface area contributed by atoms with Gasteiger partial charge in [0, 0.05) is 19.8 Å². The van der Waals surface area contributed by atoms with Crippen LogP contribution in [-0.4, -0.2) is 26.6 Å². The van der Waals surface area contributed by atoms with Crippen molar-refractivity contribution in [1.82, 2.24) is 0 Å². The lowest BCUT2D eigenvalue weighted by Gasteiger charge is -2.11. The van der Waals surface area contributed by atoms with E-state index in [2.05, 4.69) is 4.99 Å². The molecule has 68 valence electrons. The fourth-order valence-corrected chi connectivity index (χ4v) is 0.953. The summed E-state index contributed by atoms with van der Waals surface area (Å²) in [5.74, 6) is 0. The van der Waals surface area contributed by atoms with Gasteiger partial charge in [0.15, 0.2) is 6.29 Å². The third-order valence-electron chi connectivity index (χ3n) is 1.65. The second-order valence-corrected chi connectivity index (χ2v) is 2.83. The zero-order valence-electron chi connectivity index (χ0n) is 7.77. The van der Waals surface area contributed by atoms with Crippen LogP contribution >= 0.6 is 0 Å². The molecule has 0 heterocycles. The second kappa shape index (κ2) is 4.40. The molecule has 0 unspecified atom stereocenters. The first-order valence-electron chi connectivity index (χ1n) is 3.99. The van der Waals surface area contributed by atoms with Gasteiger partial charge >= 0.3 is 0 Å². The van der Waals surface area contributed by atoms with Gasteiger partial charge in [0.2, 0.25) is 0 Å². The molecule has 0 radical (unpaired) electrons. The first-order chi connectivity index (χ1) is 6.24. The largest absolute Gasteiger partial charge is 0.378 e. The number of hydrogen-bond acceptors (Lipinski definition) is 3. The second-order valence-electron chi connectivity index (χ2n) is 2.83. The van der Waals surface area contributed by atoms with Crippen LogP contribution in [0, 0.1) is 0 Å². The highest BCUT2D eigenvalue weighted by molar-refractivity contribution is 6.13. The van der Waals surface area contributed by atoms with Crippen molar-refractivity contribution in [2.24, 2.45) is 4.99 Å². The van der Waals surface area contributed by atoms with E-state index < -0.39 is 0 Å². The van der Waals surface area contributed by atoms with Gasteiger partial charge in [0.25, 0.3) is 0 Å². The minimum atomic E-state index is 0.667. The standard InChI is InChI=1S/C10H12N2O/c1-12(2)10-5-3-9(4-6-10)11-7-8-13/h3-8H,1-2H3. The summed E-state index contributed by atoms with van der Waals surface area (Å²) in [6.07, 6.45) is 1.91. The highest BCUT2D eigenvalue weighted by Crippen LogP contribution is 2.17. The van der Waals surface area contributed by atoms with Crippen molar-refractivity contribution in [3.05, 3.63) is 24.3 Å². The van der Waals surface area contributed by atoms with Crippen LogP contribution in [0.2, 0.25) is 0 Å². The molecule has 0 saturated heterocycles. The maximum atomic E-state index is 10.00. The molecule has 3 nitrogen and oxygen atoms in total. The summed E-state index contributed by atoms with van der Waals surface area (Å²) < 4.78 is 0. The van der Waals surface area contributed by atoms with Crippen molar-refractivity contribution in [3.8, 4) is 0 Å². The Morgan fingerprint density at radius 3 is 2.31 bits per heavy atom. The van der Waals surface area contributed by atoms with Crippen LogP contribution in [0.1, 0.15) is 0 Å². The number of nitrogens with zero attached hydrogens (tertiary/aromatic N) is 2. The van der Waals surface area contributed by atoms with Crippen LogP contribution in [0.3, 0.4) is 0 Å². The molecule has 1 aromatic rings. The Balaban J connectivity index is 2.81. The van der Waals surface area contributed by atoms with Gasteiger partial charge < -0.3 is 4.90 Å². The Bertz CT molecular complexity index is 301. The summed E-state index contributed by atoms with van der Waals surface area (Å²) in [5, 5.41) is 0. The van der Waals surface area contributed by atoms with Crippen LogP contribution < -0.4 is 4.90 Å². The molecule has 0 aliphatic heterocycles. The average Bonchev–Trinajstić information content (AvgIpc) is 2.15. The quantitative estimate of drug-likeness (QED) is 0.518. The van der Waals surface area contributed by atoms with Crippen molar-refractivity contribution in [3.63, 3.8) is 0 Å². The number of hydrogen-bond donors (Lipinski definition) is 0.